The van der Waals surface area contributed by atoms with E-state index in [4.69, 9.17) is 17.6 Å². The van der Waals surface area contributed by atoms with Crippen molar-refractivity contribution < 1.29 is 0 Å². The molecule has 1 nitrogen and oxygen atoms in total. The molecule has 0 saturated carbocycles. The van der Waals surface area contributed by atoms with Crippen LogP contribution in [0.25, 0.3) is 42.6 Å². The van der Waals surface area contributed by atoms with Crippen LogP contribution in [0.5, 0.6) is 0 Å². The number of benzene rings is 2. The molecule has 0 radical (unpaired) electrons. The van der Waals surface area contributed by atoms with E-state index in [-0.39, 0.29) is 5.41 Å². The number of nitrogens with zero attached hydrogens (tertiary/aromatic N) is 1. The average molecular weight is 460 g/mol. The average Bonchev–Trinajstić information content (AvgIpc) is 3.31. The first kappa shape index (κ1) is 20.7. The van der Waals surface area contributed by atoms with Crippen molar-refractivity contribution in [2.24, 2.45) is 0 Å². The van der Waals surface area contributed by atoms with E-state index in [1.807, 2.05) is 28.9 Å². The van der Waals surface area contributed by atoms with E-state index in [9.17, 15) is 0 Å². The molecule has 5 rings (SSSR count). The van der Waals surface area contributed by atoms with Gasteiger partial charge in [0, 0.05) is 30.9 Å². The first-order valence-electron chi connectivity index (χ1n) is 10.4. The molecule has 156 valence electrons. The van der Waals surface area contributed by atoms with Crippen LogP contribution in [0, 0.1) is 13.8 Å². The largest absolute Gasteiger partial charge is 0.255 e. The number of pyridine rings is 1. The maximum absolute atomic E-state index is 4.99. The SMILES string of the molecule is Cc1sc2ccc(-c3ccnc(-c4cc(C(C)(C)C)c5sccc5c4)c3S)cc2c1C. The molecular weight excluding hydrogens is 435 g/mol. The molecule has 0 spiro atoms. The summed E-state index contributed by atoms with van der Waals surface area (Å²) in [6.07, 6.45) is 1.91. The van der Waals surface area contributed by atoms with Crippen molar-refractivity contribution in [2.75, 3.05) is 0 Å². The molecule has 5 aromatic rings. The summed E-state index contributed by atoms with van der Waals surface area (Å²) in [5.74, 6) is 0. The van der Waals surface area contributed by atoms with Gasteiger partial charge in [0.1, 0.15) is 0 Å². The molecule has 0 aliphatic carbocycles. The minimum absolute atomic E-state index is 0.0624. The molecular formula is C27H25NS3. The van der Waals surface area contributed by atoms with Gasteiger partial charge in [-0.3, -0.25) is 4.98 Å². The van der Waals surface area contributed by atoms with Crippen LogP contribution in [0.1, 0.15) is 36.8 Å². The second-order valence-corrected chi connectivity index (χ2v) is 11.8. The van der Waals surface area contributed by atoms with Crippen LogP contribution in [-0.4, -0.2) is 4.98 Å². The number of rotatable bonds is 2. The van der Waals surface area contributed by atoms with Crippen LogP contribution in [0.4, 0.5) is 0 Å². The van der Waals surface area contributed by atoms with E-state index in [1.165, 1.54) is 41.7 Å². The molecule has 0 aliphatic rings. The zero-order valence-electron chi connectivity index (χ0n) is 18.4. The van der Waals surface area contributed by atoms with Crippen molar-refractivity contribution in [3.63, 3.8) is 0 Å². The highest BCUT2D eigenvalue weighted by Gasteiger charge is 2.21. The van der Waals surface area contributed by atoms with Crippen LogP contribution in [0.15, 0.2) is 58.9 Å². The number of aromatic nitrogens is 1. The van der Waals surface area contributed by atoms with Crippen LogP contribution >= 0.6 is 35.3 Å². The molecule has 2 aromatic carbocycles. The Labute approximate surface area is 197 Å². The van der Waals surface area contributed by atoms with Gasteiger partial charge in [0.2, 0.25) is 0 Å². The summed E-state index contributed by atoms with van der Waals surface area (Å²) in [5.41, 5.74) is 7.18. The molecule has 0 aliphatic heterocycles. The van der Waals surface area contributed by atoms with Crippen molar-refractivity contribution in [3.8, 4) is 22.4 Å². The lowest BCUT2D eigenvalue weighted by Crippen LogP contribution is -2.11. The Balaban J connectivity index is 1.70. The zero-order valence-corrected chi connectivity index (χ0v) is 20.9. The fraction of sp³-hybridized carbons (Fsp3) is 0.222. The lowest BCUT2D eigenvalue weighted by atomic mass is 9.85. The van der Waals surface area contributed by atoms with Gasteiger partial charge in [-0.25, -0.2) is 0 Å². The Morgan fingerprint density at radius 2 is 1.74 bits per heavy atom. The predicted octanol–water partition coefficient (Wildman–Crippen LogP) is 9.05. The summed E-state index contributed by atoms with van der Waals surface area (Å²) in [4.78, 5) is 7.08. The number of aryl methyl sites for hydroxylation is 2. The molecule has 0 N–H and O–H groups in total. The Morgan fingerprint density at radius 1 is 0.935 bits per heavy atom. The number of thiol groups is 1. The lowest BCUT2D eigenvalue weighted by Gasteiger charge is -2.21. The van der Waals surface area contributed by atoms with Crippen LogP contribution in [0.2, 0.25) is 0 Å². The second kappa shape index (κ2) is 7.47. The van der Waals surface area contributed by atoms with Gasteiger partial charge in [-0.15, -0.1) is 35.3 Å². The summed E-state index contributed by atoms with van der Waals surface area (Å²) in [7, 11) is 0. The van der Waals surface area contributed by atoms with Crippen LogP contribution < -0.4 is 0 Å². The maximum Gasteiger partial charge on any atom is 0.0841 e. The van der Waals surface area contributed by atoms with Crippen LogP contribution in [0.3, 0.4) is 0 Å². The quantitative estimate of drug-likeness (QED) is 0.260. The molecule has 0 amide bonds. The second-order valence-electron chi connectivity index (χ2n) is 9.16. The minimum atomic E-state index is 0.0624. The van der Waals surface area contributed by atoms with E-state index in [0.717, 1.165) is 21.7 Å². The normalized spacial score (nSPS) is 12.2. The van der Waals surface area contributed by atoms with Gasteiger partial charge < -0.3 is 0 Å². The maximum atomic E-state index is 4.99. The number of hydrogen-bond acceptors (Lipinski definition) is 4. The third-order valence-electron chi connectivity index (χ3n) is 6.04. The number of hydrogen-bond donors (Lipinski definition) is 1. The van der Waals surface area contributed by atoms with Crippen molar-refractivity contribution >= 4 is 55.5 Å². The monoisotopic (exact) mass is 459 g/mol. The first-order chi connectivity index (χ1) is 14.7. The number of thiophene rings is 2. The van der Waals surface area contributed by atoms with Crippen molar-refractivity contribution in [1.82, 2.24) is 4.98 Å². The zero-order chi connectivity index (χ0) is 21.9. The van der Waals surface area contributed by atoms with E-state index in [1.54, 1.807) is 0 Å². The Kier molecular flexibility index (Phi) is 5.00. The van der Waals surface area contributed by atoms with Gasteiger partial charge in [0.25, 0.3) is 0 Å². The summed E-state index contributed by atoms with van der Waals surface area (Å²) in [5, 5.41) is 4.79. The molecule has 0 unspecified atom stereocenters. The van der Waals surface area contributed by atoms with E-state index < -0.39 is 0 Å². The van der Waals surface area contributed by atoms with Gasteiger partial charge in [-0.2, -0.15) is 0 Å². The summed E-state index contributed by atoms with van der Waals surface area (Å²) < 4.78 is 2.70. The minimum Gasteiger partial charge on any atom is -0.255 e. The first-order valence-corrected chi connectivity index (χ1v) is 12.6. The van der Waals surface area contributed by atoms with Crippen molar-refractivity contribution in [3.05, 3.63) is 70.0 Å². The summed E-state index contributed by atoms with van der Waals surface area (Å²) >= 11 is 8.67. The fourth-order valence-electron chi connectivity index (χ4n) is 4.18. The fourth-order valence-corrected chi connectivity index (χ4v) is 6.73. The Bertz CT molecular complexity index is 1450. The molecule has 0 atom stereocenters. The molecule has 4 heteroatoms. The van der Waals surface area contributed by atoms with Gasteiger partial charge in [0.15, 0.2) is 0 Å². The Morgan fingerprint density at radius 3 is 2.52 bits per heavy atom. The third kappa shape index (κ3) is 3.51. The lowest BCUT2D eigenvalue weighted by molar-refractivity contribution is 0.597. The molecule has 3 aromatic heterocycles. The molecule has 0 fully saturated rings. The Hall–Kier alpha value is -2.14. The summed E-state index contributed by atoms with van der Waals surface area (Å²) in [6.45, 7) is 11.2. The molecule has 31 heavy (non-hydrogen) atoms. The van der Waals surface area contributed by atoms with Crippen molar-refractivity contribution in [2.45, 2.75) is 44.9 Å². The van der Waals surface area contributed by atoms with Crippen LogP contribution in [-0.2, 0) is 5.41 Å². The predicted molar refractivity (Wildman–Crippen MR) is 141 cm³/mol. The number of fused-ring (bicyclic) bond motifs is 2. The smallest absolute Gasteiger partial charge is 0.0841 e. The highest BCUT2D eigenvalue weighted by Crippen LogP contribution is 2.41. The van der Waals surface area contributed by atoms with E-state index in [0.29, 0.717) is 0 Å². The highest BCUT2D eigenvalue weighted by molar-refractivity contribution is 7.80. The third-order valence-corrected chi connectivity index (χ3v) is 8.65. The van der Waals surface area contributed by atoms with Gasteiger partial charge in [0.05, 0.1) is 5.69 Å². The molecule has 0 bridgehead atoms. The van der Waals surface area contributed by atoms with Gasteiger partial charge in [-0.1, -0.05) is 26.8 Å². The molecule has 3 heterocycles. The topological polar surface area (TPSA) is 12.9 Å². The van der Waals surface area contributed by atoms with Crippen molar-refractivity contribution in [1.29, 1.82) is 0 Å². The molecule has 0 saturated heterocycles. The summed E-state index contributed by atoms with van der Waals surface area (Å²) in [6, 6.07) is 15.6. The highest BCUT2D eigenvalue weighted by atomic mass is 32.1. The van der Waals surface area contributed by atoms with E-state index in [2.05, 4.69) is 82.5 Å². The standard InChI is InChI=1S/C27H25NS3/c1-15-16(2)31-23-7-6-17(13-21(15)23)20-8-10-28-24(25(20)29)19-12-18-9-11-30-26(18)22(14-19)27(3,4)5/h6-14,29H,1-5H3. The van der Waals surface area contributed by atoms with E-state index >= 15 is 0 Å². The van der Waals surface area contributed by atoms with Gasteiger partial charge >= 0.3 is 0 Å². The van der Waals surface area contributed by atoms with Gasteiger partial charge in [-0.05, 0) is 94.1 Å².